The Morgan fingerprint density at radius 3 is 2.69 bits per heavy atom. The van der Waals surface area contributed by atoms with E-state index in [0.717, 1.165) is 15.4 Å². The first-order chi connectivity index (χ1) is 13.6. The lowest BCUT2D eigenvalue weighted by atomic mass is 9.92. The third-order valence-electron chi connectivity index (χ3n) is 4.41. The van der Waals surface area contributed by atoms with E-state index in [4.69, 9.17) is 11.6 Å². The summed E-state index contributed by atoms with van der Waals surface area (Å²) < 4.78 is 0.731. The smallest absolute Gasteiger partial charge is 0.323 e. The predicted octanol–water partition coefficient (Wildman–Crippen LogP) is 3.42. The lowest BCUT2D eigenvalue weighted by Crippen LogP contribution is -2.42. The fourth-order valence-electron chi connectivity index (χ4n) is 2.89. The number of non-ortho nitro benzene ring substituents is 1. The molecule has 2 N–H and O–H groups in total. The fourth-order valence-corrected chi connectivity index (χ4v) is 3.46. The summed E-state index contributed by atoms with van der Waals surface area (Å²) >= 11 is 9.28. The van der Waals surface area contributed by atoms with Crippen LogP contribution in [0.25, 0.3) is 0 Å². The van der Waals surface area contributed by atoms with Crippen LogP contribution in [0.3, 0.4) is 0 Å². The number of nitrogens with one attached hydrogen (secondary N) is 2. The molecule has 1 fully saturated rings. The Balaban J connectivity index is 1.78. The molecule has 4 amide bonds. The molecule has 2 aromatic rings. The molecule has 0 aromatic heterocycles. The molecule has 2 aromatic carbocycles. The van der Waals surface area contributed by atoms with Crippen molar-refractivity contribution in [3.8, 4) is 0 Å². The molecule has 1 atom stereocenters. The first-order valence-corrected chi connectivity index (χ1v) is 9.43. The average Bonchev–Trinajstić information content (AvgIpc) is 2.87. The van der Waals surface area contributed by atoms with Gasteiger partial charge < -0.3 is 10.6 Å². The minimum Gasteiger partial charge on any atom is -0.323 e. The minimum atomic E-state index is -1.33. The lowest BCUT2D eigenvalue weighted by molar-refractivity contribution is -0.384. The zero-order valence-corrected chi connectivity index (χ0v) is 17.3. The van der Waals surface area contributed by atoms with Gasteiger partial charge in [0, 0.05) is 16.6 Å². The van der Waals surface area contributed by atoms with Crippen molar-refractivity contribution in [1.82, 2.24) is 10.2 Å². The van der Waals surface area contributed by atoms with Gasteiger partial charge in [0.1, 0.15) is 12.1 Å². The van der Waals surface area contributed by atoms with E-state index in [1.54, 1.807) is 31.2 Å². The number of carbonyl (C=O) groups is 3. The Morgan fingerprint density at radius 1 is 1.31 bits per heavy atom. The molecule has 1 heterocycles. The Hall–Kier alpha value is -2.98. The van der Waals surface area contributed by atoms with Crippen LogP contribution >= 0.6 is 27.5 Å². The molecular weight excluding hydrogens is 468 g/mol. The van der Waals surface area contributed by atoms with Crippen LogP contribution in [0.15, 0.2) is 46.9 Å². The molecule has 0 spiro atoms. The topological polar surface area (TPSA) is 122 Å². The maximum Gasteiger partial charge on any atom is 0.325 e. The highest BCUT2D eigenvalue weighted by molar-refractivity contribution is 9.10. The van der Waals surface area contributed by atoms with Gasteiger partial charge in [-0.1, -0.05) is 39.7 Å². The second-order valence-corrected chi connectivity index (χ2v) is 7.75. The molecule has 0 unspecified atom stereocenters. The van der Waals surface area contributed by atoms with Crippen molar-refractivity contribution in [3.63, 3.8) is 0 Å². The van der Waals surface area contributed by atoms with Crippen molar-refractivity contribution >= 4 is 56.8 Å². The van der Waals surface area contributed by atoms with Crippen molar-refractivity contribution in [2.45, 2.75) is 12.5 Å². The van der Waals surface area contributed by atoms with Crippen LogP contribution in [0.2, 0.25) is 5.02 Å². The molecule has 0 radical (unpaired) electrons. The van der Waals surface area contributed by atoms with Crippen LogP contribution in [-0.4, -0.2) is 34.2 Å². The van der Waals surface area contributed by atoms with E-state index < -0.39 is 34.9 Å². The molecule has 3 rings (SSSR count). The van der Waals surface area contributed by atoms with Crippen molar-refractivity contribution in [3.05, 3.63) is 67.6 Å². The maximum atomic E-state index is 12.9. The van der Waals surface area contributed by atoms with Gasteiger partial charge in [0.25, 0.3) is 11.6 Å². The summed E-state index contributed by atoms with van der Waals surface area (Å²) in [5.41, 5.74) is -1.03. The van der Waals surface area contributed by atoms with Gasteiger partial charge in [0.2, 0.25) is 5.91 Å². The second-order valence-electron chi connectivity index (χ2n) is 6.43. The van der Waals surface area contributed by atoms with E-state index in [0.29, 0.717) is 5.56 Å². The fraction of sp³-hybridized carbons (Fsp3) is 0.167. The number of rotatable bonds is 5. The SMILES string of the molecule is C[C@@]1(c2cccc(Br)c2)NC(=O)N(CC(=O)Nc2cc([N+](=O)[O-])ccc2Cl)C1=O. The van der Waals surface area contributed by atoms with E-state index in [-0.39, 0.29) is 16.4 Å². The standard InChI is InChI=1S/C18H14BrClN4O5/c1-18(10-3-2-4-11(19)7-10)16(26)23(17(27)22-18)9-15(25)21-14-8-12(24(28)29)5-6-13(14)20/h2-8H,9H2,1H3,(H,21,25)(H,22,27)/t18-/m0/s1. The number of halogens is 2. The Morgan fingerprint density at radius 2 is 2.03 bits per heavy atom. The molecule has 0 saturated carbocycles. The first kappa shape index (κ1) is 20.7. The quantitative estimate of drug-likeness (QED) is 0.385. The molecule has 1 aliphatic heterocycles. The molecule has 1 saturated heterocycles. The van der Waals surface area contributed by atoms with Gasteiger partial charge in [0.15, 0.2) is 0 Å². The minimum absolute atomic E-state index is 0.00710. The highest BCUT2D eigenvalue weighted by Gasteiger charge is 2.49. The average molecular weight is 482 g/mol. The third-order valence-corrected chi connectivity index (χ3v) is 5.24. The van der Waals surface area contributed by atoms with Crippen molar-refractivity contribution in [2.24, 2.45) is 0 Å². The van der Waals surface area contributed by atoms with E-state index in [2.05, 4.69) is 26.6 Å². The molecule has 11 heteroatoms. The van der Waals surface area contributed by atoms with Crippen LogP contribution in [0.5, 0.6) is 0 Å². The number of carbonyl (C=O) groups excluding carboxylic acids is 3. The van der Waals surface area contributed by atoms with Gasteiger partial charge >= 0.3 is 6.03 Å². The number of nitro benzene ring substituents is 1. The van der Waals surface area contributed by atoms with E-state index in [1.165, 1.54) is 12.1 Å². The largest absolute Gasteiger partial charge is 0.325 e. The Bertz CT molecular complexity index is 1050. The predicted molar refractivity (Wildman–Crippen MR) is 108 cm³/mol. The zero-order valence-electron chi connectivity index (χ0n) is 14.9. The molecule has 0 bridgehead atoms. The number of hydrogen-bond donors (Lipinski definition) is 2. The monoisotopic (exact) mass is 480 g/mol. The summed E-state index contributed by atoms with van der Waals surface area (Å²) in [5.74, 6) is -1.32. The zero-order chi connectivity index (χ0) is 21.3. The third kappa shape index (κ3) is 4.08. The van der Waals surface area contributed by atoms with Crippen LogP contribution in [0, 0.1) is 10.1 Å². The summed E-state index contributed by atoms with van der Waals surface area (Å²) in [6.07, 6.45) is 0. The summed E-state index contributed by atoms with van der Waals surface area (Å²) in [7, 11) is 0. The lowest BCUT2D eigenvalue weighted by Gasteiger charge is -2.22. The second kappa shape index (κ2) is 7.80. The number of hydrogen-bond acceptors (Lipinski definition) is 5. The summed E-state index contributed by atoms with van der Waals surface area (Å²) in [6, 6.07) is 9.73. The number of urea groups is 1. The number of amides is 4. The first-order valence-electron chi connectivity index (χ1n) is 8.26. The number of imide groups is 1. The molecule has 150 valence electrons. The Labute approximate surface area is 178 Å². The Kier molecular flexibility index (Phi) is 5.58. The van der Waals surface area contributed by atoms with Gasteiger partial charge in [-0.15, -0.1) is 0 Å². The van der Waals surface area contributed by atoms with Crippen molar-refractivity contribution in [1.29, 1.82) is 0 Å². The van der Waals surface area contributed by atoms with Crippen LogP contribution in [-0.2, 0) is 15.1 Å². The van der Waals surface area contributed by atoms with E-state index in [1.807, 2.05) is 0 Å². The maximum absolute atomic E-state index is 12.9. The summed E-state index contributed by atoms with van der Waals surface area (Å²) in [6.45, 7) is 0.970. The normalized spacial score (nSPS) is 18.5. The van der Waals surface area contributed by atoms with Gasteiger partial charge in [-0.3, -0.25) is 24.6 Å². The number of nitrogens with zero attached hydrogens (tertiary/aromatic N) is 2. The molecule has 29 heavy (non-hydrogen) atoms. The number of nitro groups is 1. The molecule has 0 aliphatic carbocycles. The van der Waals surface area contributed by atoms with E-state index >= 15 is 0 Å². The molecular formula is C18H14BrClN4O5. The van der Waals surface area contributed by atoms with E-state index in [9.17, 15) is 24.5 Å². The summed E-state index contributed by atoms with van der Waals surface area (Å²) in [4.78, 5) is 48.6. The number of anilines is 1. The van der Waals surface area contributed by atoms with Crippen LogP contribution < -0.4 is 10.6 Å². The van der Waals surface area contributed by atoms with Gasteiger partial charge in [-0.25, -0.2) is 4.79 Å². The molecule has 1 aliphatic rings. The molecule has 9 nitrogen and oxygen atoms in total. The van der Waals surface area contributed by atoms with Gasteiger partial charge in [-0.2, -0.15) is 0 Å². The van der Waals surface area contributed by atoms with Gasteiger partial charge in [-0.05, 0) is 30.7 Å². The number of benzene rings is 2. The summed E-state index contributed by atoms with van der Waals surface area (Å²) in [5, 5.41) is 16.0. The highest BCUT2D eigenvalue weighted by atomic mass is 79.9. The van der Waals surface area contributed by atoms with Crippen LogP contribution in [0.4, 0.5) is 16.2 Å². The van der Waals surface area contributed by atoms with Gasteiger partial charge in [0.05, 0.1) is 15.6 Å². The van der Waals surface area contributed by atoms with Crippen LogP contribution in [0.1, 0.15) is 12.5 Å². The van der Waals surface area contributed by atoms with Crippen molar-refractivity contribution in [2.75, 3.05) is 11.9 Å². The van der Waals surface area contributed by atoms with Crippen molar-refractivity contribution < 1.29 is 19.3 Å². The highest BCUT2D eigenvalue weighted by Crippen LogP contribution is 2.31.